The van der Waals surface area contributed by atoms with E-state index in [-0.39, 0.29) is 16.8 Å². The van der Waals surface area contributed by atoms with E-state index in [1.54, 1.807) is 48.5 Å². The lowest BCUT2D eigenvalue weighted by atomic mass is 10.1. The molecule has 0 heterocycles. The molecular formula is C25H24FN3O4S. The van der Waals surface area contributed by atoms with Crippen LogP contribution in [0.4, 0.5) is 15.8 Å². The average Bonchev–Trinajstić information content (AvgIpc) is 2.83. The van der Waals surface area contributed by atoms with E-state index in [0.29, 0.717) is 48.1 Å². The molecule has 0 aliphatic carbocycles. The summed E-state index contributed by atoms with van der Waals surface area (Å²) in [6.07, 6.45) is 0. The molecule has 0 aromatic heterocycles. The van der Waals surface area contributed by atoms with Gasteiger partial charge in [0.1, 0.15) is 18.2 Å². The van der Waals surface area contributed by atoms with Gasteiger partial charge in [-0.15, -0.1) is 0 Å². The molecule has 0 bridgehead atoms. The van der Waals surface area contributed by atoms with Crippen LogP contribution in [0.5, 0.6) is 5.75 Å². The fourth-order valence-electron chi connectivity index (χ4n) is 2.94. The third kappa shape index (κ3) is 7.36. The monoisotopic (exact) mass is 481 g/mol. The van der Waals surface area contributed by atoms with Gasteiger partial charge < -0.3 is 20.1 Å². The molecule has 2 amide bonds. The molecule has 0 atom stereocenters. The van der Waals surface area contributed by atoms with Crippen LogP contribution in [0, 0.1) is 5.82 Å². The molecule has 0 fully saturated rings. The van der Waals surface area contributed by atoms with Gasteiger partial charge in [-0.25, -0.2) is 4.39 Å². The van der Waals surface area contributed by atoms with Crippen molar-refractivity contribution in [3.05, 3.63) is 89.7 Å². The molecule has 0 saturated carbocycles. The van der Waals surface area contributed by atoms with Crippen molar-refractivity contribution in [2.75, 3.05) is 30.5 Å². The van der Waals surface area contributed by atoms with E-state index in [4.69, 9.17) is 21.7 Å². The summed E-state index contributed by atoms with van der Waals surface area (Å²) in [5.74, 6) is -0.778. The Labute approximate surface area is 202 Å². The van der Waals surface area contributed by atoms with Crippen molar-refractivity contribution in [3.63, 3.8) is 0 Å². The Morgan fingerprint density at radius 2 is 1.65 bits per heavy atom. The van der Waals surface area contributed by atoms with Crippen molar-refractivity contribution in [1.29, 1.82) is 0 Å². The van der Waals surface area contributed by atoms with Crippen LogP contribution in [0.3, 0.4) is 0 Å². The summed E-state index contributed by atoms with van der Waals surface area (Å²) in [5.41, 5.74) is 1.67. The van der Waals surface area contributed by atoms with E-state index in [0.717, 1.165) is 0 Å². The number of carbonyl (C=O) groups is 2. The average molecular weight is 482 g/mol. The van der Waals surface area contributed by atoms with E-state index < -0.39 is 5.91 Å². The summed E-state index contributed by atoms with van der Waals surface area (Å²) in [6.45, 7) is 3.20. The van der Waals surface area contributed by atoms with Crippen molar-refractivity contribution in [1.82, 2.24) is 5.32 Å². The Kier molecular flexibility index (Phi) is 9.07. The van der Waals surface area contributed by atoms with Crippen LogP contribution >= 0.6 is 12.2 Å². The van der Waals surface area contributed by atoms with Crippen LogP contribution in [-0.4, -0.2) is 36.7 Å². The quantitative estimate of drug-likeness (QED) is 0.305. The molecular weight excluding hydrogens is 457 g/mol. The van der Waals surface area contributed by atoms with Crippen molar-refractivity contribution in [2.45, 2.75) is 6.92 Å². The maximum Gasteiger partial charge on any atom is 0.261 e. The minimum atomic E-state index is -0.435. The van der Waals surface area contributed by atoms with Gasteiger partial charge >= 0.3 is 0 Å². The summed E-state index contributed by atoms with van der Waals surface area (Å²) in [6, 6.07) is 18.9. The van der Waals surface area contributed by atoms with Crippen LogP contribution in [0.15, 0.2) is 72.8 Å². The number of nitrogens with one attached hydrogen (secondary N) is 3. The highest BCUT2D eigenvalue weighted by atomic mass is 32.1. The highest BCUT2D eigenvalue weighted by Gasteiger charge is 2.14. The predicted molar refractivity (Wildman–Crippen MR) is 133 cm³/mol. The highest BCUT2D eigenvalue weighted by molar-refractivity contribution is 7.80. The number of carbonyl (C=O) groups excluding carboxylic acids is 2. The molecule has 3 aromatic carbocycles. The minimum Gasteiger partial charge on any atom is -0.490 e. The van der Waals surface area contributed by atoms with Gasteiger partial charge in [0.2, 0.25) is 0 Å². The standard InChI is InChI=1S/C25H24FN3O4S/c1-2-32-14-15-33-22-9-4-3-8-21(22)24(31)29-25(34)28-20-7-5-6-17(16-20)23(30)27-19-12-10-18(26)11-13-19/h3-13,16H,2,14-15H2,1H3,(H,27,30)(H2,28,29,31,34). The third-order valence-electron chi connectivity index (χ3n) is 4.53. The van der Waals surface area contributed by atoms with Crippen LogP contribution in [0.25, 0.3) is 0 Å². The molecule has 0 spiro atoms. The largest absolute Gasteiger partial charge is 0.490 e. The first-order valence-electron chi connectivity index (χ1n) is 10.5. The summed E-state index contributed by atoms with van der Waals surface area (Å²) in [4.78, 5) is 25.2. The lowest BCUT2D eigenvalue weighted by molar-refractivity contribution is 0.0958. The van der Waals surface area contributed by atoms with Crippen molar-refractivity contribution >= 4 is 40.5 Å². The molecule has 0 saturated heterocycles. The van der Waals surface area contributed by atoms with Crippen LogP contribution in [0.1, 0.15) is 27.6 Å². The Morgan fingerprint density at radius 1 is 0.882 bits per heavy atom. The van der Waals surface area contributed by atoms with Gasteiger partial charge in [-0.1, -0.05) is 18.2 Å². The van der Waals surface area contributed by atoms with E-state index in [9.17, 15) is 14.0 Å². The van der Waals surface area contributed by atoms with Gasteiger partial charge in [0.25, 0.3) is 11.8 Å². The number of benzene rings is 3. The molecule has 7 nitrogen and oxygen atoms in total. The van der Waals surface area contributed by atoms with Gasteiger partial charge in [-0.3, -0.25) is 14.9 Å². The molecule has 34 heavy (non-hydrogen) atoms. The molecule has 9 heteroatoms. The second kappa shape index (κ2) is 12.4. The number of anilines is 2. The van der Waals surface area contributed by atoms with Gasteiger partial charge in [0, 0.05) is 23.5 Å². The van der Waals surface area contributed by atoms with Crippen molar-refractivity contribution in [2.24, 2.45) is 0 Å². The SMILES string of the molecule is CCOCCOc1ccccc1C(=O)NC(=S)Nc1cccc(C(=O)Nc2ccc(F)cc2)c1. The topological polar surface area (TPSA) is 88.7 Å². The molecule has 0 unspecified atom stereocenters. The molecule has 0 radical (unpaired) electrons. The Hall–Kier alpha value is -3.82. The molecule has 0 aliphatic rings. The van der Waals surface area contributed by atoms with Gasteiger partial charge in [-0.05, 0) is 73.7 Å². The van der Waals surface area contributed by atoms with Gasteiger partial charge in [0.15, 0.2) is 5.11 Å². The zero-order chi connectivity index (χ0) is 24.3. The predicted octanol–water partition coefficient (Wildman–Crippen LogP) is 4.62. The fraction of sp³-hybridized carbons (Fsp3) is 0.160. The van der Waals surface area contributed by atoms with Crippen LogP contribution in [-0.2, 0) is 4.74 Å². The Morgan fingerprint density at radius 3 is 2.41 bits per heavy atom. The Bertz CT molecular complexity index is 1150. The first-order chi connectivity index (χ1) is 16.5. The second-order valence-electron chi connectivity index (χ2n) is 6.99. The molecule has 176 valence electrons. The Balaban J connectivity index is 1.59. The number of hydrogen-bond acceptors (Lipinski definition) is 5. The molecule has 3 N–H and O–H groups in total. The van der Waals surface area contributed by atoms with E-state index in [1.165, 1.54) is 24.3 Å². The molecule has 0 aliphatic heterocycles. The number of ether oxygens (including phenoxy) is 2. The first-order valence-corrected chi connectivity index (χ1v) is 11.0. The van der Waals surface area contributed by atoms with Crippen molar-refractivity contribution in [3.8, 4) is 5.75 Å². The normalized spacial score (nSPS) is 10.3. The lowest BCUT2D eigenvalue weighted by Crippen LogP contribution is -2.34. The fourth-order valence-corrected chi connectivity index (χ4v) is 3.15. The number of hydrogen-bond donors (Lipinski definition) is 3. The van der Waals surface area contributed by atoms with E-state index in [2.05, 4.69) is 16.0 Å². The summed E-state index contributed by atoms with van der Waals surface area (Å²) in [5, 5.41) is 8.26. The third-order valence-corrected chi connectivity index (χ3v) is 4.74. The van der Waals surface area contributed by atoms with Crippen LogP contribution in [0.2, 0.25) is 0 Å². The second-order valence-corrected chi connectivity index (χ2v) is 7.40. The summed E-state index contributed by atoms with van der Waals surface area (Å²) in [7, 11) is 0. The summed E-state index contributed by atoms with van der Waals surface area (Å²) < 4.78 is 23.9. The highest BCUT2D eigenvalue weighted by Crippen LogP contribution is 2.18. The maximum atomic E-state index is 13.1. The van der Waals surface area contributed by atoms with Crippen molar-refractivity contribution < 1.29 is 23.5 Å². The van der Waals surface area contributed by atoms with E-state index in [1.807, 2.05) is 6.92 Å². The molecule has 3 rings (SSSR count). The maximum absolute atomic E-state index is 13.1. The summed E-state index contributed by atoms with van der Waals surface area (Å²) >= 11 is 5.26. The minimum absolute atomic E-state index is 0.0604. The first kappa shape index (κ1) is 24.8. The molecule has 3 aromatic rings. The number of para-hydroxylation sites is 1. The number of halogens is 1. The number of rotatable bonds is 9. The number of amides is 2. The van der Waals surface area contributed by atoms with Gasteiger partial charge in [0.05, 0.1) is 12.2 Å². The van der Waals surface area contributed by atoms with E-state index >= 15 is 0 Å². The lowest BCUT2D eigenvalue weighted by Gasteiger charge is -2.13. The number of thiocarbonyl (C=S) groups is 1. The zero-order valence-electron chi connectivity index (χ0n) is 18.5. The van der Waals surface area contributed by atoms with Gasteiger partial charge in [-0.2, -0.15) is 0 Å². The smallest absolute Gasteiger partial charge is 0.261 e. The zero-order valence-corrected chi connectivity index (χ0v) is 19.3. The van der Waals surface area contributed by atoms with Crippen LogP contribution < -0.4 is 20.7 Å².